The minimum atomic E-state index is -0.572. The number of amides is 1. The molecule has 0 unspecified atom stereocenters. The standard InChI is InChI=1S/C17H16ClN9O3/c18-5-6-21-26-25-15-14(20-8-27(15)9-28)16(30)22-11-3-1-10(2-4-11)12-7-13(29)24-17(19)23-12/h1-4,7-9H,5-6H2,(H,21,25)(H,22,30)(H3,19,23,24,29). The van der Waals surface area contributed by atoms with Crippen molar-refractivity contribution in [1.82, 2.24) is 19.5 Å². The highest BCUT2D eigenvalue weighted by Gasteiger charge is 2.18. The molecule has 0 aliphatic heterocycles. The lowest BCUT2D eigenvalue weighted by molar-refractivity contribution is 0.102. The molecule has 2 heterocycles. The van der Waals surface area contributed by atoms with Gasteiger partial charge in [0.05, 0.1) is 12.2 Å². The van der Waals surface area contributed by atoms with Crippen molar-refractivity contribution in [2.24, 2.45) is 10.3 Å². The maximum Gasteiger partial charge on any atom is 0.278 e. The van der Waals surface area contributed by atoms with E-state index >= 15 is 0 Å². The normalized spacial score (nSPS) is 10.8. The molecule has 0 saturated heterocycles. The fraction of sp³-hybridized carbons (Fsp3) is 0.118. The van der Waals surface area contributed by atoms with Crippen LogP contribution in [0.15, 0.2) is 51.8 Å². The van der Waals surface area contributed by atoms with Crippen molar-refractivity contribution in [3.63, 3.8) is 0 Å². The molecule has 0 radical (unpaired) electrons. The van der Waals surface area contributed by atoms with E-state index in [1.807, 2.05) is 0 Å². The highest BCUT2D eigenvalue weighted by molar-refractivity contribution is 6.18. The van der Waals surface area contributed by atoms with Gasteiger partial charge in [0.15, 0.2) is 11.5 Å². The van der Waals surface area contributed by atoms with Crippen LogP contribution in [0.5, 0.6) is 0 Å². The summed E-state index contributed by atoms with van der Waals surface area (Å²) in [6, 6.07) is 7.89. The van der Waals surface area contributed by atoms with Gasteiger partial charge in [0.2, 0.25) is 12.4 Å². The highest BCUT2D eigenvalue weighted by Crippen LogP contribution is 2.20. The van der Waals surface area contributed by atoms with E-state index in [0.717, 1.165) is 4.57 Å². The van der Waals surface area contributed by atoms with E-state index in [-0.39, 0.29) is 35.4 Å². The van der Waals surface area contributed by atoms with Crippen LogP contribution in [-0.2, 0) is 4.79 Å². The first-order valence-corrected chi connectivity index (χ1v) is 9.04. The summed E-state index contributed by atoms with van der Waals surface area (Å²) in [5.74, 6) is -0.234. The maximum atomic E-state index is 12.6. The number of nitrogens with two attached hydrogens (primary N) is 1. The summed E-state index contributed by atoms with van der Waals surface area (Å²) in [6.07, 6.45) is 1.64. The van der Waals surface area contributed by atoms with Gasteiger partial charge in [-0.25, -0.2) is 15.4 Å². The first kappa shape index (κ1) is 20.7. The number of nitrogen functional groups attached to an aromatic ring is 1. The first-order valence-electron chi connectivity index (χ1n) is 8.51. The minimum absolute atomic E-state index is 0.00358. The van der Waals surface area contributed by atoms with Gasteiger partial charge in [-0.15, -0.1) is 11.6 Å². The summed E-state index contributed by atoms with van der Waals surface area (Å²) in [6.45, 7) is 0.269. The third-order valence-corrected chi connectivity index (χ3v) is 3.90. The Balaban J connectivity index is 1.77. The fourth-order valence-electron chi connectivity index (χ4n) is 2.43. The van der Waals surface area contributed by atoms with Gasteiger partial charge in [-0.1, -0.05) is 17.4 Å². The SMILES string of the molecule is Nc1nc(-c2ccc(NC(=O)c3ncn(C=O)c3NN=NCCCl)cc2)cc(=O)[nH]1. The van der Waals surface area contributed by atoms with E-state index in [9.17, 15) is 14.4 Å². The predicted molar refractivity (Wildman–Crippen MR) is 111 cm³/mol. The summed E-state index contributed by atoms with van der Waals surface area (Å²) >= 11 is 5.51. The number of aromatic nitrogens is 4. The quantitative estimate of drug-likeness (QED) is 0.182. The Kier molecular flexibility index (Phi) is 6.49. The molecule has 0 aliphatic rings. The number of carbonyl (C=O) groups excluding carboxylic acids is 2. The molecule has 2 aromatic heterocycles. The molecule has 3 aromatic rings. The monoisotopic (exact) mass is 429 g/mol. The lowest BCUT2D eigenvalue weighted by Crippen LogP contribution is -2.15. The van der Waals surface area contributed by atoms with Crippen molar-refractivity contribution < 1.29 is 9.59 Å². The molecule has 12 nitrogen and oxygen atoms in total. The molecule has 5 N–H and O–H groups in total. The van der Waals surface area contributed by atoms with Crippen LogP contribution in [-0.4, -0.2) is 44.3 Å². The number of nitrogens with one attached hydrogen (secondary N) is 3. The van der Waals surface area contributed by atoms with Crippen LogP contribution in [0.4, 0.5) is 17.5 Å². The number of halogens is 1. The Hall–Kier alpha value is -4.06. The minimum Gasteiger partial charge on any atom is -0.369 e. The maximum absolute atomic E-state index is 12.6. The predicted octanol–water partition coefficient (Wildman–Crippen LogP) is 1.52. The van der Waals surface area contributed by atoms with Gasteiger partial charge in [-0.2, -0.15) is 5.11 Å². The molecular weight excluding hydrogens is 414 g/mol. The second kappa shape index (κ2) is 9.43. The molecule has 0 aliphatic carbocycles. The molecule has 3 rings (SSSR count). The van der Waals surface area contributed by atoms with Crippen molar-refractivity contribution in [3.05, 3.63) is 52.7 Å². The number of rotatable bonds is 8. The van der Waals surface area contributed by atoms with Gasteiger partial charge >= 0.3 is 0 Å². The average molecular weight is 430 g/mol. The van der Waals surface area contributed by atoms with E-state index < -0.39 is 5.91 Å². The van der Waals surface area contributed by atoms with E-state index in [1.54, 1.807) is 24.3 Å². The van der Waals surface area contributed by atoms with Crippen LogP contribution in [0.25, 0.3) is 11.3 Å². The number of nitrogens with zero attached hydrogens (tertiary/aromatic N) is 5. The van der Waals surface area contributed by atoms with E-state index in [0.29, 0.717) is 23.4 Å². The molecule has 30 heavy (non-hydrogen) atoms. The molecule has 154 valence electrons. The Bertz CT molecular complexity index is 1140. The summed E-state index contributed by atoms with van der Waals surface area (Å²) in [7, 11) is 0. The molecule has 0 bridgehead atoms. The molecule has 0 saturated carbocycles. The number of hydrogen-bond donors (Lipinski definition) is 4. The number of imidazole rings is 1. The van der Waals surface area contributed by atoms with Crippen LogP contribution >= 0.6 is 11.6 Å². The summed E-state index contributed by atoms with van der Waals surface area (Å²) in [4.78, 5) is 45.6. The number of hydrogen-bond acceptors (Lipinski definition) is 8. The van der Waals surface area contributed by atoms with Gasteiger partial charge in [-0.3, -0.25) is 23.9 Å². The van der Waals surface area contributed by atoms with Gasteiger partial charge in [0.1, 0.15) is 6.33 Å². The van der Waals surface area contributed by atoms with Crippen molar-refractivity contribution in [1.29, 1.82) is 0 Å². The topological polar surface area (TPSA) is 173 Å². The van der Waals surface area contributed by atoms with E-state index in [4.69, 9.17) is 17.3 Å². The molecule has 0 spiro atoms. The molecule has 1 aromatic carbocycles. The van der Waals surface area contributed by atoms with Crippen LogP contribution in [0, 0.1) is 0 Å². The number of aromatic amines is 1. The number of alkyl halides is 1. The molecule has 0 fully saturated rings. The fourth-order valence-corrected chi connectivity index (χ4v) is 2.50. The van der Waals surface area contributed by atoms with Crippen molar-refractivity contribution in [3.8, 4) is 11.3 Å². The number of benzene rings is 1. The molecule has 13 heteroatoms. The molecule has 1 amide bonds. The smallest absolute Gasteiger partial charge is 0.278 e. The van der Waals surface area contributed by atoms with Crippen LogP contribution < -0.4 is 22.0 Å². The second-order valence-corrected chi connectivity index (χ2v) is 6.15. The zero-order chi connectivity index (χ0) is 21.5. The van der Waals surface area contributed by atoms with Crippen molar-refractivity contribution >= 4 is 41.4 Å². The van der Waals surface area contributed by atoms with Crippen molar-refractivity contribution in [2.45, 2.75) is 0 Å². The van der Waals surface area contributed by atoms with Crippen LogP contribution in [0.3, 0.4) is 0 Å². The van der Waals surface area contributed by atoms with Gasteiger partial charge in [-0.05, 0) is 12.1 Å². The summed E-state index contributed by atoms with van der Waals surface area (Å²) in [5, 5.41) is 10.1. The summed E-state index contributed by atoms with van der Waals surface area (Å²) < 4.78 is 1.06. The third kappa shape index (κ3) is 4.86. The van der Waals surface area contributed by atoms with Gasteiger partial charge in [0.25, 0.3) is 11.5 Å². The molecular formula is C17H16ClN9O3. The third-order valence-electron chi connectivity index (χ3n) is 3.73. The zero-order valence-electron chi connectivity index (χ0n) is 15.4. The van der Waals surface area contributed by atoms with E-state index in [1.165, 1.54) is 12.4 Å². The zero-order valence-corrected chi connectivity index (χ0v) is 16.1. The Morgan fingerprint density at radius 1 is 1.33 bits per heavy atom. The Morgan fingerprint density at radius 3 is 2.77 bits per heavy atom. The lowest BCUT2D eigenvalue weighted by Gasteiger charge is -2.07. The first-order chi connectivity index (χ1) is 14.5. The lowest BCUT2D eigenvalue weighted by atomic mass is 10.1. The van der Waals surface area contributed by atoms with E-state index in [2.05, 4.69) is 36.0 Å². The number of H-pyrrole nitrogens is 1. The van der Waals surface area contributed by atoms with Gasteiger partial charge < -0.3 is 11.1 Å². The van der Waals surface area contributed by atoms with Crippen molar-refractivity contribution in [2.75, 3.05) is 28.9 Å². The summed E-state index contributed by atoms with van der Waals surface area (Å²) in [5.41, 5.74) is 9.12. The molecule has 0 atom stereocenters. The highest BCUT2D eigenvalue weighted by atomic mass is 35.5. The Morgan fingerprint density at radius 2 is 2.10 bits per heavy atom. The number of anilines is 3. The van der Waals surface area contributed by atoms with Crippen LogP contribution in [0.1, 0.15) is 10.5 Å². The Labute approximate surface area is 174 Å². The second-order valence-electron chi connectivity index (χ2n) is 5.77. The largest absolute Gasteiger partial charge is 0.369 e. The average Bonchev–Trinajstić information content (AvgIpc) is 3.14. The van der Waals surface area contributed by atoms with Crippen LogP contribution in [0.2, 0.25) is 0 Å². The van der Waals surface area contributed by atoms with Gasteiger partial charge in [0, 0.05) is 23.2 Å². The number of carbonyl (C=O) groups is 2.